The minimum Gasteiger partial charge on any atom is -0.497 e. The van der Waals surface area contributed by atoms with Crippen LogP contribution in [0.25, 0.3) is 0 Å². The van der Waals surface area contributed by atoms with Crippen LogP contribution in [0.4, 0.5) is 5.69 Å². The Bertz CT molecular complexity index is 423. The molecule has 0 spiro atoms. The fourth-order valence-electron chi connectivity index (χ4n) is 1.83. The number of rotatable bonds is 4. The smallest absolute Gasteiger partial charge is 0.220 e. The van der Waals surface area contributed by atoms with Crippen molar-refractivity contribution in [2.24, 2.45) is 0 Å². The summed E-state index contributed by atoms with van der Waals surface area (Å²) < 4.78 is 5.13. The SMILES string of the molecule is COc1ccc(Cl)c(NCC2CCC(=O)N2)c1. The highest BCUT2D eigenvalue weighted by Gasteiger charge is 2.20. The van der Waals surface area contributed by atoms with Crippen molar-refractivity contribution in [3.63, 3.8) is 0 Å². The van der Waals surface area contributed by atoms with Gasteiger partial charge in [0.1, 0.15) is 5.75 Å². The number of methoxy groups -OCH3 is 1. The van der Waals surface area contributed by atoms with E-state index in [0.717, 1.165) is 17.9 Å². The van der Waals surface area contributed by atoms with Crippen molar-refractivity contribution in [3.05, 3.63) is 23.2 Å². The van der Waals surface area contributed by atoms with Crippen LogP contribution in [0, 0.1) is 0 Å². The summed E-state index contributed by atoms with van der Waals surface area (Å²) in [4.78, 5) is 11.0. The molecule has 17 heavy (non-hydrogen) atoms. The van der Waals surface area contributed by atoms with E-state index in [-0.39, 0.29) is 11.9 Å². The van der Waals surface area contributed by atoms with Gasteiger partial charge in [-0.05, 0) is 18.6 Å². The van der Waals surface area contributed by atoms with Crippen LogP contribution in [0.15, 0.2) is 18.2 Å². The zero-order chi connectivity index (χ0) is 12.3. The lowest BCUT2D eigenvalue weighted by atomic mass is 10.2. The normalized spacial score (nSPS) is 18.9. The van der Waals surface area contributed by atoms with Gasteiger partial charge in [-0.15, -0.1) is 0 Å². The van der Waals surface area contributed by atoms with E-state index < -0.39 is 0 Å². The van der Waals surface area contributed by atoms with Crippen molar-refractivity contribution in [2.45, 2.75) is 18.9 Å². The minimum absolute atomic E-state index is 0.119. The molecule has 1 saturated heterocycles. The van der Waals surface area contributed by atoms with Gasteiger partial charge in [-0.1, -0.05) is 11.6 Å². The number of hydrogen-bond acceptors (Lipinski definition) is 3. The molecule has 1 fully saturated rings. The number of ether oxygens (including phenoxy) is 1. The molecule has 4 nitrogen and oxygen atoms in total. The second-order valence-electron chi connectivity index (χ2n) is 4.03. The molecule has 2 N–H and O–H groups in total. The molecule has 1 heterocycles. The highest BCUT2D eigenvalue weighted by atomic mass is 35.5. The van der Waals surface area contributed by atoms with E-state index in [9.17, 15) is 4.79 Å². The predicted octanol–water partition coefficient (Wildman–Crippen LogP) is 2.04. The maximum absolute atomic E-state index is 11.0. The Morgan fingerprint density at radius 3 is 3.06 bits per heavy atom. The summed E-state index contributed by atoms with van der Waals surface area (Å²) in [7, 11) is 1.62. The van der Waals surface area contributed by atoms with Crippen molar-refractivity contribution in [3.8, 4) is 5.75 Å². The van der Waals surface area contributed by atoms with Gasteiger partial charge in [-0.2, -0.15) is 0 Å². The third-order valence-electron chi connectivity index (χ3n) is 2.80. The van der Waals surface area contributed by atoms with Crippen molar-refractivity contribution in [1.82, 2.24) is 5.32 Å². The van der Waals surface area contributed by atoms with E-state index in [4.69, 9.17) is 16.3 Å². The number of carbonyl (C=O) groups is 1. The first-order valence-corrected chi connectivity index (χ1v) is 5.93. The molecule has 1 aromatic rings. The van der Waals surface area contributed by atoms with Gasteiger partial charge < -0.3 is 15.4 Å². The molecule has 0 radical (unpaired) electrons. The van der Waals surface area contributed by atoms with E-state index >= 15 is 0 Å². The Balaban J connectivity index is 1.96. The molecule has 1 aromatic carbocycles. The molecule has 0 bridgehead atoms. The van der Waals surface area contributed by atoms with Gasteiger partial charge in [0.15, 0.2) is 0 Å². The topological polar surface area (TPSA) is 50.4 Å². The summed E-state index contributed by atoms with van der Waals surface area (Å²) in [5.74, 6) is 0.876. The third-order valence-corrected chi connectivity index (χ3v) is 3.13. The van der Waals surface area contributed by atoms with Crippen LogP contribution in [0.5, 0.6) is 5.75 Å². The first kappa shape index (κ1) is 12.0. The van der Waals surface area contributed by atoms with Crippen LogP contribution >= 0.6 is 11.6 Å². The summed E-state index contributed by atoms with van der Waals surface area (Å²) in [6.07, 6.45) is 1.48. The third kappa shape index (κ3) is 3.03. The van der Waals surface area contributed by atoms with Crippen molar-refractivity contribution in [2.75, 3.05) is 19.0 Å². The Morgan fingerprint density at radius 1 is 1.59 bits per heavy atom. The largest absolute Gasteiger partial charge is 0.497 e. The molecule has 1 atom stereocenters. The Morgan fingerprint density at radius 2 is 2.41 bits per heavy atom. The van der Waals surface area contributed by atoms with Gasteiger partial charge in [0.05, 0.1) is 17.8 Å². The number of anilines is 1. The lowest BCUT2D eigenvalue weighted by Crippen LogP contribution is -2.31. The van der Waals surface area contributed by atoms with Crippen LogP contribution < -0.4 is 15.4 Å². The summed E-state index contributed by atoms with van der Waals surface area (Å²) in [5, 5.41) is 6.77. The number of carbonyl (C=O) groups excluding carboxylic acids is 1. The number of benzene rings is 1. The number of hydrogen-bond donors (Lipinski definition) is 2. The molecular formula is C12H15ClN2O2. The van der Waals surface area contributed by atoms with E-state index in [0.29, 0.717) is 18.0 Å². The Labute approximate surface area is 105 Å². The Kier molecular flexibility index (Phi) is 3.74. The molecule has 92 valence electrons. The predicted molar refractivity (Wildman–Crippen MR) is 67.7 cm³/mol. The maximum atomic E-state index is 11.0. The summed E-state index contributed by atoms with van der Waals surface area (Å²) in [6.45, 7) is 0.679. The van der Waals surface area contributed by atoms with E-state index in [1.54, 1.807) is 13.2 Å². The molecule has 1 aliphatic heterocycles. The minimum atomic E-state index is 0.119. The van der Waals surface area contributed by atoms with Gasteiger partial charge in [-0.25, -0.2) is 0 Å². The van der Waals surface area contributed by atoms with Crippen molar-refractivity contribution < 1.29 is 9.53 Å². The summed E-state index contributed by atoms with van der Waals surface area (Å²) in [5.41, 5.74) is 0.826. The van der Waals surface area contributed by atoms with Gasteiger partial charge in [-0.3, -0.25) is 4.79 Å². The highest BCUT2D eigenvalue weighted by molar-refractivity contribution is 6.33. The monoisotopic (exact) mass is 254 g/mol. The van der Waals surface area contributed by atoms with Gasteiger partial charge in [0, 0.05) is 25.1 Å². The molecule has 0 aromatic heterocycles. The van der Waals surface area contributed by atoms with Crippen LogP contribution in [0.3, 0.4) is 0 Å². The van der Waals surface area contributed by atoms with Crippen molar-refractivity contribution in [1.29, 1.82) is 0 Å². The van der Waals surface area contributed by atoms with Gasteiger partial charge in [0.2, 0.25) is 5.91 Å². The Hall–Kier alpha value is -1.42. The number of nitrogens with one attached hydrogen (secondary N) is 2. The van der Waals surface area contributed by atoms with Gasteiger partial charge >= 0.3 is 0 Å². The quantitative estimate of drug-likeness (QED) is 0.865. The molecule has 0 aliphatic carbocycles. The second kappa shape index (κ2) is 5.27. The van der Waals surface area contributed by atoms with Crippen LogP contribution in [-0.4, -0.2) is 25.6 Å². The summed E-state index contributed by atoms with van der Waals surface area (Å²) >= 11 is 6.06. The zero-order valence-corrected chi connectivity index (χ0v) is 10.4. The molecule has 1 unspecified atom stereocenters. The second-order valence-corrected chi connectivity index (χ2v) is 4.44. The van der Waals surface area contributed by atoms with Gasteiger partial charge in [0.25, 0.3) is 0 Å². The molecule has 1 aliphatic rings. The van der Waals surface area contributed by atoms with Crippen molar-refractivity contribution >= 4 is 23.2 Å². The average molecular weight is 255 g/mol. The first-order chi connectivity index (χ1) is 8.19. The lowest BCUT2D eigenvalue weighted by Gasteiger charge is -2.14. The highest BCUT2D eigenvalue weighted by Crippen LogP contribution is 2.26. The zero-order valence-electron chi connectivity index (χ0n) is 9.63. The summed E-state index contributed by atoms with van der Waals surface area (Å²) in [6, 6.07) is 5.63. The average Bonchev–Trinajstić information content (AvgIpc) is 2.74. The molecule has 5 heteroatoms. The molecule has 0 saturated carbocycles. The van der Waals surface area contributed by atoms with E-state index in [2.05, 4.69) is 10.6 Å². The van der Waals surface area contributed by atoms with Crippen LogP contribution in [-0.2, 0) is 4.79 Å². The standard InChI is InChI=1S/C12H15ClN2O2/c1-17-9-3-4-10(13)11(6-9)14-7-8-2-5-12(16)15-8/h3-4,6,8,14H,2,5,7H2,1H3,(H,15,16). The molecule has 1 amide bonds. The van der Waals surface area contributed by atoms with E-state index in [1.807, 2.05) is 12.1 Å². The van der Waals surface area contributed by atoms with E-state index in [1.165, 1.54) is 0 Å². The molecular weight excluding hydrogens is 240 g/mol. The lowest BCUT2D eigenvalue weighted by molar-refractivity contribution is -0.119. The number of halogens is 1. The first-order valence-electron chi connectivity index (χ1n) is 5.56. The maximum Gasteiger partial charge on any atom is 0.220 e. The fraction of sp³-hybridized carbons (Fsp3) is 0.417. The van der Waals surface area contributed by atoms with Crippen LogP contribution in [0.2, 0.25) is 5.02 Å². The molecule has 2 rings (SSSR count). The van der Waals surface area contributed by atoms with Crippen LogP contribution in [0.1, 0.15) is 12.8 Å². The number of amides is 1. The fourth-order valence-corrected chi connectivity index (χ4v) is 2.01.